The Hall–Kier alpha value is -1.40. The quantitative estimate of drug-likeness (QED) is 0.585. The number of unbranched alkanes of at least 4 members (excludes halogenated alkanes) is 1. The highest BCUT2D eigenvalue weighted by Gasteiger charge is 2.19. The van der Waals surface area contributed by atoms with Crippen LogP contribution in [0.1, 0.15) is 38.4 Å². The molecule has 0 bridgehead atoms. The highest BCUT2D eigenvalue weighted by Crippen LogP contribution is 2.18. The molecule has 0 spiro atoms. The van der Waals surface area contributed by atoms with Crippen LogP contribution < -0.4 is 5.32 Å². The van der Waals surface area contributed by atoms with Gasteiger partial charge in [0.05, 0.1) is 12.6 Å². The molecule has 0 radical (unpaired) electrons. The summed E-state index contributed by atoms with van der Waals surface area (Å²) >= 11 is 0. The number of nitrogens with zero attached hydrogens (tertiary/aromatic N) is 2. The Labute approximate surface area is 119 Å². The summed E-state index contributed by atoms with van der Waals surface area (Å²) < 4.78 is 5.26. The molecule has 1 N–H and O–H groups in total. The zero-order valence-corrected chi connectivity index (χ0v) is 12.0. The van der Waals surface area contributed by atoms with E-state index in [0.717, 1.165) is 32.5 Å². The Balaban J connectivity index is 1.92. The maximum Gasteiger partial charge on any atom is 0.433 e. The first-order valence-electron chi connectivity index (χ1n) is 7.38. The fourth-order valence-corrected chi connectivity index (χ4v) is 2.61. The summed E-state index contributed by atoms with van der Waals surface area (Å²) in [7, 11) is 0. The Kier molecular flexibility index (Phi) is 5.55. The molecule has 1 saturated heterocycles. The lowest BCUT2D eigenvalue weighted by molar-refractivity contribution is -0.402. The zero-order valence-electron chi connectivity index (χ0n) is 12.0. The number of furan rings is 1. The highest BCUT2D eigenvalue weighted by atomic mass is 16.6. The van der Waals surface area contributed by atoms with Crippen molar-refractivity contribution in [3.05, 3.63) is 28.0 Å². The third-order valence-corrected chi connectivity index (χ3v) is 3.68. The number of nitrogens with one attached hydrogen (secondary N) is 1. The third-order valence-electron chi connectivity index (χ3n) is 3.68. The summed E-state index contributed by atoms with van der Waals surface area (Å²) in [5.74, 6) is 0.500. The molecular formula is C14H23N3O3. The zero-order chi connectivity index (χ0) is 14.4. The predicted molar refractivity (Wildman–Crippen MR) is 76.6 cm³/mol. The molecule has 112 valence electrons. The standard InChI is InChI=1S/C14H23N3O3/c1-2-3-9-16(10-12-5-4-8-15-12)11-13-6-7-14(20-13)17(18)19/h6-7,12,15H,2-5,8-11H2,1H3. The lowest BCUT2D eigenvalue weighted by Crippen LogP contribution is -2.37. The van der Waals surface area contributed by atoms with Crippen LogP contribution >= 0.6 is 0 Å². The summed E-state index contributed by atoms with van der Waals surface area (Å²) in [5, 5.41) is 14.1. The second-order valence-electron chi connectivity index (χ2n) is 5.38. The molecular weight excluding hydrogens is 258 g/mol. The summed E-state index contributed by atoms with van der Waals surface area (Å²) in [6.45, 7) is 5.89. The van der Waals surface area contributed by atoms with Gasteiger partial charge in [0.15, 0.2) is 0 Å². The van der Waals surface area contributed by atoms with Gasteiger partial charge in [-0.3, -0.25) is 15.0 Å². The maximum absolute atomic E-state index is 10.6. The second-order valence-corrected chi connectivity index (χ2v) is 5.38. The van der Waals surface area contributed by atoms with Crippen molar-refractivity contribution in [2.45, 2.75) is 45.2 Å². The van der Waals surface area contributed by atoms with E-state index in [1.807, 2.05) is 0 Å². The van der Waals surface area contributed by atoms with E-state index in [-0.39, 0.29) is 5.88 Å². The molecule has 0 saturated carbocycles. The van der Waals surface area contributed by atoms with Gasteiger partial charge in [-0.25, -0.2) is 0 Å². The van der Waals surface area contributed by atoms with Crippen LogP contribution in [0.3, 0.4) is 0 Å². The number of rotatable bonds is 8. The average Bonchev–Trinajstić information content (AvgIpc) is 3.07. The first kappa shape index (κ1) is 15.0. The van der Waals surface area contributed by atoms with E-state index in [2.05, 4.69) is 17.1 Å². The van der Waals surface area contributed by atoms with E-state index < -0.39 is 4.92 Å². The van der Waals surface area contributed by atoms with Crippen LogP contribution in [-0.2, 0) is 6.54 Å². The largest absolute Gasteiger partial charge is 0.433 e. The lowest BCUT2D eigenvalue weighted by atomic mass is 10.2. The Morgan fingerprint density at radius 1 is 1.55 bits per heavy atom. The van der Waals surface area contributed by atoms with E-state index in [4.69, 9.17) is 4.42 Å². The van der Waals surface area contributed by atoms with Gasteiger partial charge in [0.2, 0.25) is 0 Å². The fourth-order valence-electron chi connectivity index (χ4n) is 2.61. The summed E-state index contributed by atoms with van der Waals surface area (Å²) in [6.07, 6.45) is 4.72. The van der Waals surface area contributed by atoms with Crippen molar-refractivity contribution in [3.8, 4) is 0 Å². The van der Waals surface area contributed by atoms with Gasteiger partial charge < -0.3 is 9.73 Å². The first-order chi connectivity index (χ1) is 9.69. The molecule has 0 aliphatic carbocycles. The molecule has 1 unspecified atom stereocenters. The Morgan fingerprint density at radius 2 is 2.40 bits per heavy atom. The van der Waals surface area contributed by atoms with Crippen molar-refractivity contribution < 1.29 is 9.34 Å². The third kappa shape index (κ3) is 4.31. The summed E-state index contributed by atoms with van der Waals surface area (Å²) in [4.78, 5) is 12.5. The first-order valence-corrected chi connectivity index (χ1v) is 7.38. The van der Waals surface area contributed by atoms with Crippen molar-refractivity contribution in [1.29, 1.82) is 0 Å². The normalized spacial score (nSPS) is 18.8. The van der Waals surface area contributed by atoms with Crippen molar-refractivity contribution >= 4 is 5.88 Å². The van der Waals surface area contributed by atoms with Gasteiger partial charge in [-0.05, 0) is 38.4 Å². The SMILES string of the molecule is CCCCN(Cc1ccc([N+](=O)[O-])o1)CC1CCCN1. The number of hydrogen-bond acceptors (Lipinski definition) is 5. The monoisotopic (exact) mass is 281 g/mol. The van der Waals surface area contributed by atoms with Crippen molar-refractivity contribution in [3.63, 3.8) is 0 Å². The molecule has 0 aromatic carbocycles. The second kappa shape index (κ2) is 7.40. The molecule has 1 aromatic rings. The molecule has 2 rings (SSSR count). The number of nitro groups is 1. The maximum atomic E-state index is 10.6. The van der Waals surface area contributed by atoms with Crippen LogP contribution in [0, 0.1) is 10.1 Å². The minimum Gasteiger partial charge on any atom is -0.404 e. The van der Waals surface area contributed by atoms with Crippen LogP contribution in [0.5, 0.6) is 0 Å². The van der Waals surface area contributed by atoms with Gasteiger partial charge in [0.1, 0.15) is 10.7 Å². The minimum atomic E-state index is -0.488. The smallest absolute Gasteiger partial charge is 0.404 e. The van der Waals surface area contributed by atoms with Crippen LogP contribution in [0.2, 0.25) is 0 Å². The van der Waals surface area contributed by atoms with Crippen molar-refractivity contribution in [1.82, 2.24) is 10.2 Å². The molecule has 1 fully saturated rings. The number of hydrogen-bond donors (Lipinski definition) is 1. The van der Waals surface area contributed by atoms with Crippen LogP contribution in [0.4, 0.5) is 5.88 Å². The molecule has 2 heterocycles. The van der Waals surface area contributed by atoms with E-state index in [9.17, 15) is 10.1 Å². The highest BCUT2D eigenvalue weighted by molar-refractivity contribution is 5.17. The van der Waals surface area contributed by atoms with E-state index in [1.165, 1.54) is 18.9 Å². The van der Waals surface area contributed by atoms with Gasteiger partial charge in [-0.2, -0.15) is 0 Å². The van der Waals surface area contributed by atoms with Gasteiger partial charge in [0, 0.05) is 12.6 Å². The topological polar surface area (TPSA) is 71.5 Å². The van der Waals surface area contributed by atoms with Gasteiger partial charge in [-0.1, -0.05) is 13.3 Å². The summed E-state index contributed by atoms with van der Waals surface area (Å²) in [6, 6.07) is 3.68. The van der Waals surface area contributed by atoms with Crippen LogP contribution in [0.25, 0.3) is 0 Å². The fraction of sp³-hybridized carbons (Fsp3) is 0.714. The predicted octanol–water partition coefficient (Wildman–Crippen LogP) is 2.54. The van der Waals surface area contributed by atoms with E-state index in [1.54, 1.807) is 6.07 Å². The van der Waals surface area contributed by atoms with Crippen molar-refractivity contribution in [2.75, 3.05) is 19.6 Å². The molecule has 1 aromatic heterocycles. The lowest BCUT2D eigenvalue weighted by Gasteiger charge is -2.24. The Bertz CT molecular complexity index is 427. The summed E-state index contributed by atoms with van der Waals surface area (Å²) in [5.41, 5.74) is 0. The molecule has 1 aliphatic heterocycles. The molecule has 1 atom stereocenters. The molecule has 1 aliphatic rings. The van der Waals surface area contributed by atoms with Crippen LogP contribution in [-0.4, -0.2) is 35.5 Å². The van der Waals surface area contributed by atoms with Gasteiger partial charge >= 0.3 is 5.88 Å². The molecule has 6 nitrogen and oxygen atoms in total. The molecule has 0 amide bonds. The van der Waals surface area contributed by atoms with Crippen molar-refractivity contribution in [2.24, 2.45) is 0 Å². The minimum absolute atomic E-state index is 0.172. The van der Waals surface area contributed by atoms with Crippen LogP contribution in [0.15, 0.2) is 16.5 Å². The Morgan fingerprint density at radius 3 is 3.00 bits per heavy atom. The molecule has 20 heavy (non-hydrogen) atoms. The van der Waals surface area contributed by atoms with Gasteiger partial charge in [0.25, 0.3) is 0 Å². The molecule has 6 heteroatoms. The van der Waals surface area contributed by atoms with E-state index in [0.29, 0.717) is 18.3 Å². The van der Waals surface area contributed by atoms with Gasteiger partial charge in [-0.15, -0.1) is 0 Å². The van der Waals surface area contributed by atoms with E-state index >= 15 is 0 Å². The average molecular weight is 281 g/mol.